The van der Waals surface area contributed by atoms with E-state index in [2.05, 4.69) is 5.32 Å². The average Bonchev–Trinajstić information content (AvgIpc) is 3.28. The maximum atomic E-state index is 12.5. The highest BCUT2D eigenvalue weighted by molar-refractivity contribution is 7.90. The van der Waals surface area contributed by atoms with Crippen LogP contribution in [0.25, 0.3) is 0 Å². The standard InChI is InChI=1S/C18H23N3O4S/c19-18-12-14(18)8-4-2-1-3-5-10-20-16(22)13-7-6-9-15(11-13)26(24,25)21-17(18)23/h4,6-9,11,14H,1-3,5,10,12,19H2,(H,20,22)(H,21,23)/b8-4-/t14-,18-/m1/s1. The first-order valence-electron chi connectivity index (χ1n) is 8.74. The van der Waals surface area contributed by atoms with Crippen LogP contribution < -0.4 is 15.8 Å². The molecule has 7 nitrogen and oxygen atoms in total. The number of benzene rings is 1. The fraction of sp³-hybridized carbons (Fsp3) is 0.444. The molecule has 140 valence electrons. The molecule has 1 fully saturated rings. The van der Waals surface area contributed by atoms with Crippen LogP contribution in [0.4, 0.5) is 0 Å². The highest BCUT2D eigenvalue weighted by Gasteiger charge is 2.56. The van der Waals surface area contributed by atoms with Crippen molar-refractivity contribution in [3.63, 3.8) is 0 Å². The van der Waals surface area contributed by atoms with E-state index in [1.165, 1.54) is 24.3 Å². The second kappa shape index (κ2) is 7.20. The molecule has 2 atom stereocenters. The Labute approximate surface area is 153 Å². The lowest BCUT2D eigenvalue weighted by molar-refractivity contribution is -0.121. The second-order valence-corrected chi connectivity index (χ2v) is 8.53. The number of rotatable bonds is 0. The lowest BCUT2D eigenvalue weighted by Crippen LogP contribution is -2.46. The average molecular weight is 377 g/mol. The van der Waals surface area contributed by atoms with Crippen LogP contribution >= 0.6 is 0 Å². The number of hydrogen-bond acceptors (Lipinski definition) is 5. The number of nitrogens with one attached hydrogen (secondary N) is 2. The first-order valence-corrected chi connectivity index (χ1v) is 10.2. The Morgan fingerprint density at radius 2 is 1.96 bits per heavy atom. The molecule has 4 N–H and O–H groups in total. The number of carbonyl (C=O) groups excluding carboxylic acids is 2. The molecule has 0 spiro atoms. The molecule has 0 unspecified atom stereocenters. The van der Waals surface area contributed by atoms with Crippen LogP contribution in [-0.4, -0.2) is 32.3 Å². The molecular formula is C18H23N3O4S. The van der Waals surface area contributed by atoms with Crippen molar-refractivity contribution in [3.8, 4) is 0 Å². The van der Waals surface area contributed by atoms with Crippen molar-refractivity contribution in [3.05, 3.63) is 42.0 Å². The summed E-state index contributed by atoms with van der Waals surface area (Å²) in [5.74, 6) is -1.20. The van der Waals surface area contributed by atoms with Gasteiger partial charge >= 0.3 is 0 Å². The van der Waals surface area contributed by atoms with E-state index < -0.39 is 21.5 Å². The third kappa shape index (κ3) is 3.96. The SMILES string of the molecule is N[C@]12C[C@H]1/C=C\CCCCCNC(=O)c1cccc(c1)S(=O)(=O)NC2=O. The van der Waals surface area contributed by atoms with E-state index >= 15 is 0 Å². The highest BCUT2D eigenvalue weighted by Crippen LogP contribution is 2.42. The second-order valence-electron chi connectivity index (χ2n) is 6.85. The van der Waals surface area contributed by atoms with Crippen LogP contribution in [0.15, 0.2) is 41.3 Å². The highest BCUT2D eigenvalue weighted by atomic mass is 32.2. The van der Waals surface area contributed by atoms with E-state index in [0.717, 1.165) is 25.7 Å². The van der Waals surface area contributed by atoms with Crippen molar-refractivity contribution in [2.24, 2.45) is 11.7 Å². The third-order valence-corrected chi connectivity index (χ3v) is 6.15. The van der Waals surface area contributed by atoms with Crippen molar-refractivity contribution in [2.75, 3.05) is 6.54 Å². The molecule has 1 heterocycles. The van der Waals surface area contributed by atoms with E-state index in [4.69, 9.17) is 5.73 Å². The quantitative estimate of drug-likeness (QED) is 0.585. The maximum Gasteiger partial charge on any atom is 0.264 e. The van der Waals surface area contributed by atoms with Gasteiger partial charge in [-0.25, -0.2) is 13.1 Å². The summed E-state index contributed by atoms with van der Waals surface area (Å²) in [6.07, 6.45) is 7.97. The summed E-state index contributed by atoms with van der Waals surface area (Å²) < 4.78 is 27.0. The molecule has 2 amide bonds. The molecule has 26 heavy (non-hydrogen) atoms. The number of allylic oxidation sites excluding steroid dienone is 1. The van der Waals surface area contributed by atoms with Crippen molar-refractivity contribution in [1.82, 2.24) is 10.0 Å². The molecule has 0 saturated heterocycles. The normalized spacial score (nSPS) is 30.3. The van der Waals surface area contributed by atoms with Crippen LogP contribution in [0, 0.1) is 5.92 Å². The predicted molar refractivity (Wildman–Crippen MR) is 96.7 cm³/mol. The van der Waals surface area contributed by atoms with Crippen LogP contribution in [0.1, 0.15) is 42.5 Å². The Balaban J connectivity index is 1.87. The third-order valence-electron chi connectivity index (χ3n) is 4.82. The van der Waals surface area contributed by atoms with Gasteiger partial charge in [0.25, 0.3) is 21.8 Å². The summed E-state index contributed by atoms with van der Waals surface area (Å²) in [6.45, 7) is 0.533. The van der Waals surface area contributed by atoms with Crippen molar-refractivity contribution < 1.29 is 18.0 Å². The van der Waals surface area contributed by atoms with Gasteiger partial charge in [-0.3, -0.25) is 9.59 Å². The minimum atomic E-state index is -4.09. The van der Waals surface area contributed by atoms with E-state index in [1.807, 2.05) is 16.9 Å². The molecular weight excluding hydrogens is 354 g/mol. The van der Waals surface area contributed by atoms with Gasteiger partial charge in [-0.1, -0.05) is 24.6 Å². The van der Waals surface area contributed by atoms with Gasteiger partial charge in [0.05, 0.1) is 4.90 Å². The topological polar surface area (TPSA) is 118 Å². The first-order chi connectivity index (χ1) is 12.3. The minimum absolute atomic E-state index is 0.140. The number of nitrogens with two attached hydrogens (primary N) is 1. The van der Waals surface area contributed by atoms with Crippen molar-refractivity contribution >= 4 is 21.8 Å². The molecule has 0 radical (unpaired) electrons. The van der Waals surface area contributed by atoms with Crippen LogP contribution in [0.3, 0.4) is 0 Å². The smallest absolute Gasteiger partial charge is 0.264 e. The van der Waals surface area contributed by atoms with Gasteiger partial charge in [0, 0.05) is 18.0 Å². The molecule has 1 aliphatic heterocycles. The van der Waals surface area contributed by atoms with Crippen LogP contribution in [-0.2, 0) is 14.8 Å². The van der Waals surface area contributed by atoms with Crippen molar-refractivity contribution in [1.29, 1.82) is 0 Å². The molecule has 8 heteroatoms. The lowest BCUT2D eigenvalue weighted by atomic mass is 10.1. The fourth-order valence-corrected chi connectivity index (χ4v) is 4.11. The molecule has 2 bridgehead atoms. The Bertz CT molecular complexity index is 850. The molecule has 1 saturated carbocycles. The van der Waals surface area contributed by atoms with Gasteiger partial charge in [-0.2, -0.15) is 0 Å². The molecule has 3 rings (SSSR count). The Kier molecular flexibility index (Phi) is 5.15. The molecule has 1 aliphatic carbocycles. The number of sulfonamides is 1. The summed E-state index contributed by atoms with van der Waals surface area (Å²) in [7, 11) is -4.09. The fourth-order valence-electron chi connectivity index (χ4n) is 3.01. The zero-order valence-corrected chi connectivity index (χ0v) is 15.2. The van der Waals surface area contributed by atoms with Gasteiger partial charge < -0.3 is 11.1 Å². The van der Waals surface area contributed by atoms with Gasteiger partial charge in [-0.05, 0) is 43.9 Å². The largest absolute Gasteiger partial charge is 0.352 e. The summed E-state index contributed by atoms with van der Waals surface area (Å²) in [4.78, 5) is 24.4. The van der Waals surface area contributed by atoms with Crippen LogP contribution in [0.5, 0.6) is 0 Å². The molecule has 2 aliphatic rings. The number of fused-ring (bicyclic) bond motifs is 3. The number of carbonyl (C=O) groups is 2. The predicted octanol–water partition coefficient (Wildman–Crippen LogP) is 1.07. The van der Waals surface area contributed by atoms with E-state index in [1.54, 1.807) is 0 Å². The van der Waals surface area contributed by atoms with Gasteiger partial charge in [0.1, 0.15) is 5.54 Å². The molecule has 0 aromatic heterocycles. The van der Waals surface area contributed by atoms with E-state index in [0.29, 0.717) is 13.0 Å². The summed E-state index contributed by atoms with van der Waals surface area (Å²) in [6, 6.07) is 5.61. The Morgan fingerprint density at radius 3 is 2.77 bits per heavy atom. The van der Waals surface area contributed by atoms with Gasteiger partial charge in [0.15, 0.2) is 0 Å². The summed E-state index contributed by atoms with van der Waals surface area (Å²) >= 11 is 0. The number of amides is 2. The molecule has 1 aromatic carbocycles. The lowest BCUT2D eigenvalue weighted by Gasteiger charge is -2.12. The minimum Gasteiger partial charge on any atom is -0.352 e. The van der Waals surface area contributed by atoms with Crippen LogP contribution in [0.2, 0.25) is 0 Å². The van der Waals surface area contributed by atoms with Gasteiger partial charge in [0.2, 0.25) is 0 Å². The van der Waals surface area contributed by atoms with E-state index in [-0.39, 0.29) is 22.3 Å². The Hall–Kier alpha value is -2.19. The monoisotopic (exact) mass is 377 g/mol. The summed E-state index contributed by atoms with van der Waals surface area (Å²) in [5.41, 5.74) is 5.10. The molecule has 1 aromatic rings. The van der Waals surface area contributed by atoms with Crippen molar-refractivity contribution in [2.45, 2.75) is 42.5 Å². The Morgan fingerprint density at radius 1 is 1.15 bits per heavy atom. The zero-order chi connectivity index (χ0) is 18.8. The van der Waals surface area contributed by atoms with E-state index in [9.17, 15) is 18.0 Å². The first kappa shape index (κ1) is 18.6. The zero-order valence-electron chi connectivity index (χ0n) is 14.4. The van der Waals surface area contributed by atoms with Gasteiger partial charge in [-0.15, -0.1) is 0 Å². The number of hydrogen-bond donors (Lipinski definition) is 3. The maximum absolute atomic E-state index is 12.5. The summed E-state index contributed by atoms with van der Waals surface area (Å²) in [5, 5.41) is 2.78.